The summed E-state index contributed by atoms with van der Waals surface area (Å²) in [5.41, 5.74) is 4.42. The Hall–Kier alpha value is -3.60. The van der Waals surface area contributed by atoms with Crippen LogP contribution < -0.4 is 9.47 Å². The van der Waals surface area contributed by atoms with E-state index < -0.39 is 5.97 Å². The zero-order valence-corrected chi connectivity index (χ0v) is 21.3. The quantitative estimate of drug-likeness (QED) is 0.312. The zero-order valence-electron chi connectivity index (χ0n) is 20.5. The highest BCUT2D eigenvalue weighted by molar-refractivity contribution is 7.14. The van der Waals surface area contributed by atoms with Crippen LogP contribution in [0.1, 0.15) is 53.3 Å². The van der Waals surface area contributed by atoms with Crippen LogP contribution in [-0.2, 0) is 35.7 Å². The van der Waals surface area contributed by atoms with Crippen molar-refractivity contribution in [3.05, 3.63) is 81.7 Å². The minimum absolute atomic E-state index is 0.0219. The number of carbonyl (C=O) groups is 2. The molecule has 1 N–H and O–H groups in total. The highest BCUT2D eigenvalue weighted by atomic mass is 32.1. The van der Waals surface area contributed by atoms with E-state index in [0.29, 0.717) is 11.7 Å². The normalized spacial score (nSPS) is 13.7. The largest absolute Gasteiger partial charge is 0.489 e. The lowest BCUT2D eigenvalue weighted by molar-refractivity contribution is -0.137. The van der Waals surface area contributed by atoms with Crippen LogP contribution in [0.25, 0.3) is 0 Å². The second-order valence-corrected chi connectivity index (χ2v) is 9.89. The smallest absolute Gasteiger partial charge is 0.308 e. The molecule has 0 fully saturated rings. The van der Waals surface area contributed by atoms with Crippen LogP contribution in [0, 0.1) is 11.8 Å². The Morgan fingerprint density at radius 1 is 1.14 bits per heavy atom. The number of hydrogen-bond acceptors (Lipinski definition) is 6. The number of nitrogens with zero attached hydrogens (tertiary/aromatic N) is 1. The first-order valence-electron chi connectivity index (χ1n) is 11.9. The molecule has 0 saturated heterocycles. The van der Waals surface area contributed by atoms with Crippen molar-refractivity contribution in [2.75, 3.05) is 6.54 Å². The van der Waals surface area contributed by atoms with Crippen LogP contribution in [0.3, 0.4) is 0 Å². The number of aliphatic carboxylic acids is 1. The second kappa shape index (κ2) is 11.9. The first kappa shape index (κ1) is 25.5. The van der Waals surface area contributed by atoms with Gasteiger partial charge in [0.1, 0.15) is 12.4 Å². The molecule has 0 radical (unpaired) electrons. The van der Waals surface area contributed by atoms with E-state index in [1.807, 2.05) is 30.3 Å². The van der Waals surface area contributed by atoms with E-state index in [4.69, 9.17) is 14.6 Å². The molecule has 2 aromatic carbocycles. The predicted octanol–water partition coefficient (Wildman–Crippen LogP) is 5.39. The summed E-state index contributed by atoms with van der Waals surface area (Å²) in [6.45, 7) is 6.23. The molecule has 36 heavy (non-hydrogen) atoms. The lowest BCUT2D eigenvalue weighted by Crippen LogP contribution is -2.29. The summed E-state index contributed by atoms with van der Waals surface area (Å²) in [6.07, 6.45) is 0.934. The fourth-order valence-electron chi connectivity index (χ4n) is 4.33. The second-order valence-electron chi connectivity index (χ2n) is 8.79. The van der Waals surface area contributed by atoms with Crippen molar-refractivity contribution >= 4 is 23.3 Å². The predicted molar refractivity (Wildman–Crippen MR) is 139 cm³/mol. The number of esters is 1. The highest BCUT2D eigenvalue weighted by Gasteiger charge is 2.20. The summed E-state index contributed by atoms with van der Waals surface area (Å²) < 4.78 is 11.2. The minimum atomic E-state index is -0.866. The Balaban J connectivity index is 1.33. The van der Waals surface area contributed by atoms with E-state index in [-0.39, 0.29) is 18.3 Å². The Morgan fingerprint density at radius 3 is 2.64 bits per heavy atom. The van der Waals surface area contributed by atoms with Gasteiger partial charge in [0, 0.05) is 31.4 Å². The Labute approximate surface area is 215 Å². The summed E-state index contributed by atoms with van der Waals surface area (Å²) in [4.78, 5) is 26.1. The van der Waals surface area contributed by atoms with E-state index >= 15 is 0 Å². The van der Waals surface area contributed by atoms with Gasteiger partial charge in [-0.05, 0) is 53.8 Å². The molecule has 0 spiro atoms. The maximum atomic E-state index is 11.2. The molecule has 6 nitrogen and oxygen atoms in total. The summed E-state index contributed by atoms with van der Waals surface area (Å²) >= 11 is 1.57. The van der Waals surface area contributed by atoms with Gasteiger partial charge < -0.3 is 14.6 Å². The minimum Gasteiger partial charge on any atom is -0.489 e. The van der Waals surface area contributed by atoms with Gasteiger partial charge in [0.05, 0.1) is 12.3 Å². The van der Waals surface area contributed by atoms with Gasteiger partial charge in [-0.15, -0.1) is 17.3 Å². The lowest BCUT2D eigenvalue weighted by atomic mass is 9.96. The molecule has 1 aliphatic heterocycles. The number of fused-ring (bicyclic) bond motifs is 1. The van der Waals surface area contributed by atoms with Crippen LogP contribution in [-0.4, -0.2) is 28.5 Å². The molecule has 0 bridgehead atoms. The van der Waals surface area contributed by atoms with Gasteiger partial charge in [0.25, 0.3) is 0 Å². The molecular formula is C29H29NO5S. The van der Waals surface area contributed by atoms with Gasteiger partial charge in [-0.25, -0.2) is 0 Å². The molecule has 0 saturated carbocycles. The average molecular weight is 504 g/mol. The number of hydrogen-bond donors (Lipinski definition) is 1. The molecular weight excluding hydrogens is 474 g/mol. The first-order chi connectivity index (χ1) is 17.4. The topological polar surface area (TPSA) is 76.1 Å². The number of rotatable bonds is 9. The number of carbonyl (C=O) groups excluding carboxylic acids is 1. The summed E-state index contributed by atoms with van der Waals surface area (Å²) in [5, 5.41) is 9.80. The molecule has 0 amide bonds. The van der Waals surface area contributed by atoms with E-state index in [2.05, 4.69) is 41.0 Å². The molecule has 0 unspecified atom stereocenters. The molecule has 0 aliphatic carbocycles. The fraction of sp³-hybridized carbons (Fsp3) is 0.310. The third-order valence-corrected chi connectivity index (χ3v) is 7.07. The van der Waals surface area contributed by atoms with Crippen LogP contribution in [0.4, 0.5) is 0 Å². The number of benzene rings is 2. The number of thiophene rings is 1. The monoisotopic (exact) mass is 503 g/mol. The van der Waals surface area contributed by atoms with Crippen molar-refractivity contribution in [3.8, 4) is 22.7 Å². The Morgan fingerprint density at radius 2 is 1.92 bits per heavy atom. The van der Waals surface area contributed by atoms with Gasteiger partial charge in [-0.3, -0.25) is 14.5 Å². The van der Waals surface area contributed by atoms with E-state index in [1.54, 1.807) is 18.3 Å². The molecule has 7 heteroatoms. The third kappa shape index (κ3) is 6.97. The fourth-order valence-corrected chi connectivity index (χ4v) is 5.38. The van der Waals surface area contributed by atoms with Gasteiger partial charge in [0.15, 0.2) is 5.06 Å². The van der Waals surface area contributed by atoms with E-state index in [0.717, 1.165) is 42.9 Å². The van der Waals surface area contributed by atoms with Crippen LogP contribution >= 0.6 is 11.3 Å². The molecule has 1 aliphatic rings. The van der Waals surface area contributed by atoms with Crippen LogP contribution in [0.5, 0.6) is 10.8 Å². The third-order valence-electron chi connectivity index (χ3n) is 5.95. The first-order valence-corrected chi connectivity index (χ1v) is 12.7. The molecule has 1 aromatic heterocycles. The van der Waals surface area contributed by atoms with Gasteiger partial charge in [0.2, 0.25) is 0 Å². The zero-order chi connectivity index (χ0) is 25.5. The molecule has 3 aromatic rings. The van der Waals surface area contributed by atoms with E-state index in [9.17, 15) is 9.59 Å². The summed E-state index contributed by atoms with van der Waals surface area (Å²) in [7, 11) is 0. The Bertz CT molecular complexity index is 1280. The summed E-state index contributed by atoms with van der Waals surface area (Å²) in [5.74, 6) is 5.03. The van der Waals surface area contributed by atoms with E-state index in [1.165, 1.54) is 22.9 Å². The van der Waals surface area contributed by atoms with Gasteiger partial charge >= 0.3 is 11.9 Å². The lowest BCUT2D eigenvalue weighted by Gasteiger charge is -2.26. The SMILES string of the molecule is CC#C[C@@H](CC(=O)O)c1ccc(OCc2cccc(CN3CCc4sc(OC(C)=O)cc4C3)c2)cc1. The standard InChI is InChI=1S/C29H29NO5S/c1-3-5-24(15-28(32)33)23-8-10-26(11-9-23)34-19-22-7-4-6-21(14-22)17-30-13-12-27-25(18-30)16-29(36-27)35-20(2)31/h4,6-11,14,16,24H,12-13,15,17-19H2,1-2H3,(H,32,33)/t24-/m0/s1. The summed E-state index contributed by atoms with van der Waals surface area (Å²) in [6, 6.07) is 17.9. The highest BCUT2D eigenvalue weighted by Crippen LogP contribution is 2.34. The maximum absolute atomic E-state index is 11.2. The molecule has 4 rings (SSSR count). The maximum Gasteiger partial charge on any atom is 0.308 e. The number of carboxylic acids is 1. The Kier molecular flexibility index (Phi) is 8.42. The van der Waals surface area contributed by atoms with Crippen molar-refractivity contribution in [1.82, 2.24) is 4.90 Å². The molecule has 186 valence electrons. The van der Waals surface area contributed by atoms with Crippen LogP contribution in [0.15, 0.2) is 54.6 Å². The van der Waals surface area contributed by atoms with Crippen molar-refractivity contribution in [1.29, 1.82) is 0 Å². The van der Waals surface area contributed by atoms with Gasteiger partial charge in [-0.2, -0.15) is 0 Å². The van der Waals surface area contributed by atoms with Crippen molar-refractivity contribution in [3.63, 3.8) is 0 Å². The number of carboxylic acid groups (broad SMARTS) is 1. The van der Waals surface area contributed by atoms with Crippen LogP contribution in [0.2, 0.25) is 0 Å². The van der Waals surface area contributed by atoms with Gasteiger partial charge in [-0.1, -0.05) is 42.3 Å². The van der Waals surface area contributed by atoms with Crippen molar-refractivity contribution in [2.45, 2.75) is 52.3 Å². The number of ether oxygens (including phenoxy) is 2. The average Bonchev–Trinajstić information content (AvgIpc) is 3.23. The molecule has 2 heterocycles. The molecule has 1 atom stereocenters. The van der Waals surface area contributed by atoms with Crippen molar-refractivity contribution in [2.24, 2.45) is 0 Å². The van der Waals surface area contributed by atoms with Crippen molar-refractivity contribution < 1.29 is 24.2 Å².